The molecule has 0 heterocycles. The van der Waals surface area contributed by atoms with Crippen LogP contribution < -0.4 is 10.6 Å². The third-order valence-electron chi connectivity index (χ3n) is 1.63. The first kappa shape index (κ1) is 20.0. The highest BCUT2D eigenvalue weighted by Gasteiger charge is 2.17. The van der Waals surface area contributed by atoms with E-state index in [0.717, 1.165) is 0 Å². The van der Waals surface area contributed by atoms with Crippen LogP contribution in [0.3, 0.4) is 0 Å². The molecule has 0 unspecified atom stereocenters. The standard InChI is InChI=1S/C8H16N2O3.2ClH/c1-4-9-5(2)7(11)10-6(3)8(12)13;;/h5-6,9H,4H2,1-3H3,(H,10,11)(H,12,13);2*1H/t5-,6-;;/m0../s1. The van der Waals surface area contributed by atoms with Crippen molar-refractivity contribution in [2.45, 2.75) is 32.9 Å². The number of aliphatic carboxylic acids is 1. The summed E-state index contributed by atoms with van der Waals surface area (Å²) in [5.41, 5.74) is 0. The number of hydrogen-bond donors (Lipinski definition) is 3. The zero-order valence-electron chi connectivity index (χ0n) is 8.94. The number of amides is 1. The summed E-state index contributed by atoms with van der Waals surface area (Å²) in [7, 11) is 0. The van der Waals surface area contributed by atoms with Gasteiger partial charge < -0.3 is 15.7 Å². The van der Waals surface area contributed by atoms with Crippen molar-refractivity contribution < 1.29 is 14.7 Å². The van der Waals surface area contributed by atoms with E-state index in [1.807, 2.05) is 6.92 Å². The Labute approximate surface area is 102 Å². The molecule has 0 saturated carbocycles. The summed E-state index contributed by atoms with van der Waals surface area (Å²) in [4.78, 5) is 21.6. The van der Waals surface area contributed by atoms with Crippen molar-refractivity contribution in [3.63, 3.8) is 0 Å². The highest BCUT2D eigenvalue weighted by molar-refractivity contribution is 5.86. The maximum Gasteiger partial charge on any atom is 0.325 e. The molecule has 0 saturated heterocycles. The van der Waals surface area contributed by atoms with Crippen LogP contribution in [0.1, 0.15) is 20.8 Å². The van der Waals surface area contributed by atoms with Crippen molar-refractivity contribution in [3.8, 4) is 0 Å². The van der Waals surface area contributed by atoms with Crippen LogP contribution in [0, 0.1) is 0 Å². The molecule has 7 heteroatoms. The zero-order valence-corrected chi connectivity index (χ0v) is 10.6. The highest BCUT2D eigenvalue weighted by Crippen LogP contribution is 1.86. The number of carboxylic acids is 1. The van der Waals surface area contributed by atoms with Crippen LogP contribution in [-0.4, -0.2) is 35.6 Å². The Hall–Kier alpha value is -0.520. The molecule has 0 fully saturated rings. The van der Waals surface area contributed by atoms with E-state index in [4.69, 9.17) is 5.11 Å². The Bertz CT molecular complexity index is 202. The molecule has 1 amide bonds. The Kier molecular flexibility index (Phi) is 13.3. The molecule has 0 aromatic heterocycles. The molecule has 3 N–H and O–H groups in total. The summed E-state index contributed by atoms with van der Waals surface area (Å²) in [5, 5.41) is 13.8. The molecule has 0 aromatic carbocycles. The van der Waals surface area contributed by atoms with Crippen LogP contribution >= 0.6 is 24.8 Å². The van der Waals surface area contributed by atoms with Crippen molar-refractivity contribution in [2.24, 2.45) is 0 Å². The van der Waals surface area contributed by atoms with Crippen molar-refractivity contribution in [2.75, 3.05) is 6.54 Å². The summed E-state index contributed by atoms with van der Waals surface area (Å²) in [6.45, 7) is 5.67. The minimum Gasteiger partial charge on any atom is -0.480 e. The van der Waals surface area contributed by atoms with Crippen LogP contribution in [0.25, 0.3) is 0 Å². The number of nitrogens with one attached hydrogen (secondary N) is 2. The molecule has 2 atom stereocenters. The minimum atomic E-state index is -1.03. The Morgan fingerprint density at radius 3 is 2.00 bits per heavy atom. The summed E-state index contributed by atoms with van der Waals surface area (Å²) < 4.78 is 0. The minimum absolute atomic E-state index is 0. The number of hydrogen-bond acceptors (Lipinski definition) is 3. The summed E-state index contributed by atoms with van der Waals surface area (Å²) in [6, 6.07) is -1.19. The number of carboxylic acid groups (broad SMARTS) is 1. The lowest BCUT2D eigenvalue weighted by Crippen LogP contribution is -2.47. The Balaban J connectivity index is -0.000000720. The van der Waals surface area contributed by atoms with Gasteiger partial charge in [-0.05, 0) is 20.4 Å². The third-order valence-corrected chi connectivity index (χ3v) is 1.63. The molecular weight excluding hydrogens is 243 g/mol. The van der Waals surface area contributed by atoms with E-state index in [0.29, 0.717) is 6.54 Å². The van der Waals surface area contributed by atoms with E-state index < -0.39 is 12.0 Å². The molecule has 92 valence electrons. The second-order valence-corrected chi connectivity index (χ2v) is 2.85. The molecule has 5 nitrogen and oxygen atoms in total. The normalized spacial score (nSPS) is 12.7. The first-order valence-corrected chi connectivity index (χ1v) is 4.25. The molecule has 15 heavy (non-hydrogen) atoms. The second kappa shape index (κ2) is 10.0. The van der Waals surface area contributed by atoms with Crippen molar-refractivity contribution in [1.82, 2.24) is 10.6 Å². The van der Waals surface area contributed by atoms with Gasteiger partial charge in [0.05, 0.1) is 6.04 Å². The monoisotopic (exact) mass is 260 g/mol. The van der Waals surface area contributed by atoms with E-state index in [-0.39, 0.29) is 36.8 Å². The molecule has 0 aliphatic rings. The van der Waals surface area contributed by atoms with Gasteiger partial charge in [-0.25, -0.2) is 0 Å². The van der Waals surface area contributed by atoms with E-state index in [2.05, 4.69) is 10.6 Å². The van der Waals surface area contributed by atoms with Crippen molar-refractivity contribution in [3.05, 3.63) is 0 Å². The van der Waals surface area contributed by atoms with E-state index in [1.54, 1.807) is 6.92 Å². The second-order valence-electron chi connectivity index (χ2n) is 2.85. The fourth-order valence-corrected chi connectivity index (χ4v) is 0.799. The predicted molar refractivity (Wildman–Crippen MR) is 62.9 cm³/mol. The number of rotatable bonds is 5. The quantitative estimate of drug-likeness (QED) is 0.670. The lowest BCUT2D eigenvalue weighted by molar-refractivity contribution is -0.141. The van der Waals surface area contributed by atoms with Gasteiger partial charge >= 0.3 is 5.97 Å². The van der Waals surface area contributed by atoms with Gasteiger partial charge in [0.2, 0.25) is 5.91 Å². The first-order valence-electron chi connectivity index (χ1n) is 4.25. The third kappa shape index (κ3) is 8.47. The number of halogens is 2. The topological polar surface area (TPSA) is 78.4 Å². The molecule has 0 bridgehead atoms. The smallest absolute Gasteiger partial charge is 0.325 e. The number of likely N-dealkylation sites (N-methyl/N-ethyl adjacent to an activating group) is 1. The predicted octanol–water partition coefficient (Wildman–Crippen LogP) is 0.417. The fourth-order valence-electron chi connectivity index (χ4n) is 0.799. The molecule has 0 aliphatic carbocycles. The average Bonchev–Trinajstić information content (AvgIpc) is 2.04. The largest absolute Gasteiger partial charge is 0.480 e. The SMILES string of the molecule is CCN[C@@H](C)C(=O)N[C@@H](C)C(=O)O.Cl.Cl. The van der Waals surface area contributed by atoms with Crippen LogP contribution in [0.5, 0.6) is 0 Å². The molecule has 0 aliphatic heterocycles. The van der Waals surface area contributed by atoms with Crippen LogP contribution in [-0.2, 0) is 9.59 Å². The first-order chi connectivity index (χ1) is 5.99. The molecule has 0 spiro atoms. The van der Waals surface area contributed by atoms with E-state index in [9.17, 15) is 9.59 Å². The van der Waals surface area contributed by atoms with Gasteiger partial charge in [-0.15, -0.1) is 24.8 Å². The van der Waals surface area contributed by atoms with E-state index in [1.165, 1.54) is 6.92 Å². The van der Waals surface area contributed by atoms with Gasteiger partial charge in [0, 0.05) is 0 Å². The molecular formula is C8H18Cl2N2O3. The number of carbonyl (C=O) groups excluding carboxylic acids is 1. The number of carbonyl (C=O) groups is 2. The van der Waals surface area contributed by atoms with Gasteiger partial charge in [-0.3, -0.25) is 9.59 Å². The lowest BCUT2D eigenvalue weighted by Gasteiger charge is -2.14. The highest BCUT2D eigenvalue weighted by atomic mass is 35.5. The summed E-state index contributed by atoms with van der Waals surface area (Å²) in [5.74, 6) is -1.33. The molecule has 0 radical (unpaired) electrons. The zero-order chi connectivity index (χ0) is 10.4. The van der Waals surface area contributed by atoms with Gasteiger partial charge in [0.15, 0.2) is 0 Å². The van der Waals surface area contributed by atoms with Crippen LogP contribution in [0.4, 0.5) is 0 Å². The van der Waals surface area contributed by atoms with Gasteiger partial charge in [0.25, 0.3) is 0 Å². The Morgan fingerprint density at radius 2 is 1.67 bits per heavy atom. The molecule has 0 aromatic rings. The van der Waals surface area contributed by atoms with E-state index >= 15 is 0 Å². The average molecular weight is 261 g/mol. The molecule has 0 rings (SSSR count). The van der Waals surface area contributed by atoms with Crippen LogP contribution in [0.15, 0.2) is 0 Å². The van der Waals surface area contributed by atoms with Gasteiger partial charge in [-0.2, -0.15) is 0 Å². The summed E-state index contributed by atoms with van der Waals surface area (Å²) in [6.07, 6.45) is 0. The Morgan fingerprint density at radius 1 is 1.20 bits per heavy atom. The van der Waals surface area contributed by atoms with Crippen molar-refractivity contribution in [1.29, 1.82) is 0 Å². The van der Waals surface area contributed by atoms with Crippen molar-refractivity contribution >= 4 is 36.7 Å². The lowest BCUT2D eigenvalue weighted by atomic mass is 10.2. The maximum absolute atomic E-state index is 11.2. The summed E-state index contributed by atoms with van der Waals surface area (Å²) >= 11 is 0. The van der Waals surface area contributed by atoms with Gasteiger partial charge in [-0.1, -0.05) is 6.92 Å². The fraction of sp³-hybridized carbons (Fsp3) is 0.750. The maximum atomic E-state index is 11.2. The van der Waals surface area contributed by atoms with Crippen LogP contribution in [0.2, 0.25) is 0 Å². The van der Waals surface area contributed by atoms with Gasteiger partial charge in [0.1, 0.15) is 6.04 Å².